The Bertz CT molecular complexity index is 162. The molecule has 0 atom stereocenters. The third-order valence-corrected chi connectivity index (χ3v) is 1.11. The van der Waals surface area contributed by atoms with Crippen LogP contribution in [0, 0.1) is 0 Å². The van der Waals surface area contributed by atoms with Crippen molar-refractivity contribution in [2.75, 3.05) is 20.8 Å². The SMILES string of the molecule is CN(C)CNS(N)(=O)=O. The van der Waals surface area contributed by atoms with E-state index in [1.165, 1.54) is 0 Å². The molecule has 0 bridgehead atoms. The predicted molar refractivity (Wildman–Crippen MR) is 34.8 cm³/mol. The van der Waals surface area contributed by atoms with E-state index in [9.17, 15) is 8.42 Å². The van der Waals surface area contributed by atoms with Crippen molar-refractivity contribution in [1.29, 1.82) is 0 Å². The Balaban J connectivity index is 3.53. The summed E-state index contributed by atoms with van der Waals surface area (Å²) in [6, 6.07) is 0. The van der Waals surface area contributed by atoms with Gasteiger partial charge in [0.25, 0.3) is 10.2 Å². The van der Waals surface area contributed by atoms with E-state index in [1.54, 1.807) is 19.0 Å². The first-order valence-corrected chi connectivity index (χ1v) is 3.88. The summed E-state index contributed by atoms with van der Waals surface area (Å²) in [5.41, 5.74) is 0. The van der Waals surface area contributed by atoms with Crippen LogP contribution in [0.1, 0.15) is 0 Å². The summed E-state index contributed by atoms with van der Waals surface area (Å²) in [6.07, 6.45) is 0. The van der Waals surface area contributed by atoms with Gasteiger partial charge in [-0.3, -0.25) is 4.90 Å². The van der Waals surface area contributed by atoms with E-state index in [0.29, 0.717) is 0 Å². The molecule has 0 aromatic carbocycles. The van der Waals surface area contributed by atoms with Gasteiger partial charge in [0.2, 0.25) is 0 Å². The van der Waals surface area contributed by atoms with Crippen molar-refractivity contribution in [1.82, 2.24) is 9.62 Å². The van der Waals surface area contributed by atoms with Crippen LogP contribution in [-0.2, 0) is 10.2 Å². The Morgan fingerprint density at radius 3 is 2.11 bits per heavy atom. The smallest absolute Gasteiger partial charge is 0.275 e. The van der Waals surface area contributed by atoms with Crippen LogP contribution >= 0.6 is 0 Å². The van der Waals surface area contributed by atoms with Gasteiger partial charge in [0.1, 0.15) is 0 Å². The molecule has 0 unspecified atom stereocenters. The number of hydrogen-bond acceptors (Lipinski definition) is 3. The predicted octanol–water partition coefficient (Wildman–Crippen LogP) is -1.70. The molecule has 0 rings (SSSR count). The third kappa shape index (κ3) is 7.83. The maximum Gasteiger partial charge on any atom is 0.275 e. The highest BCUT2D eigenvalue weighted by molar-refractivity contribution is 7.87. The van der Waals surface area contributed by atoms with E-state index < -0.39 is 10.2 Å². The lowest BCUT2D eigenvalue weighted by Crippen LogP contribution is -2.37. The van der Waals surface area contributed by atoms with Crippen LogP contribution in [-0.4, -0.2) is 34.1 Å². The Kier molecular flexibility index (Phi) is 3.06. The molecule has 0 aromatic rings. The second kappa shape index (κ2) is 3.11. The Morgan fingerprint density at radius 1 is 1.56 bits per heavy atom. The second-order valence-corrected chi connectivity index (χ2v) is 3.31. The first kappa shape index (κ1) is 8.83. The van der Waals surface area contributed by atoms with Gasteiger partial charge in [0.15, 0.2) is 0 Å². The van der Waals surface area contributed by atoms with Crippen molar-refractivity contribution in [3.05, 3.63) is 0 Å². The van der Waals surface area contributed by atoms with Crippen molar-refractivity contribution in [2.45, 2.75) is 0 Å². The van der Waals surface area contributed by atoms with Gasteiger partial charge in [-0.2, -0.15) is 13.1 Å². The maximum absolute atomic E-state index is 10.2. The van der Waals surface area contributed by atoms with E-state index >= 15 is 0 Å². The first-order valence-electron chi connectivity index (χ1n) is 2.34. The lowest BCUT2D eigenvalue weighted by atomic mass is 10.9. The van der Waals surface area contributed by atoms with Crippen LogP contribution in [0.15, 0.2) is 0 Å². The fraction of sp³-hybridized carbons (Fsp3) is 1.00. The minimum atomic E-state index is -3.51. The van der Waals surface area contributed by atoms with E-state index in [0.717, 1.165) is 0 Å². The number of hydrogen-bond donors (Lipinski definition) is 2. The van der Waals surface area contributed by atoms with Crippen molar-refractivity contribution in [3.63, 3.8) is 0 Å². The van der Waals surface area contributed by atoms with Crippen LogP contribution in [0.2, 0.25) is 0 Å². The molecule has 5 nitrogen and oxygen atoms in total. The topological polar surface area (TPSA) is 75.4 Å². The quantitative estimate of drug-likeness (QED) is 0.474. The zero-order chi connectivity index (χ0) is 7.49. The minimum Gasteiger partial charge on any atom is -0.296 e. The molecule has 0 spiro atoms. The van der Waals surface area contributed by atoms with Gasteiger partial charge in [-0.1, -0.05) is 0 Å². The van der Waals surface area contributed by atoms with Crippen LogP contribution < -0.4 is 9.86 Å². The normalized spacial score (nSPS) is 12.4. The van der Waals surface area contributed by atoms with Crippen molar-refractivity contribution in [2.24, 2.45) is 5.14 Å². The Labute approximate surface area is 55.0 Å². The van der Waals surface area contributed by atoms with Gasteiger partial charge in [-0.05, 0) is 14.1 Å². The summed E-state index contributed by atoms with van der Waals surface area (Å²) in [7, 11) is -0.0422. The summed E-state index contributed by atoms with van der Waals surface area (Å²) in [5.74, 6) is 0. The molecular formula is C3H11N3O2S. The van der Waals surface area contributed by atoms with Crippen molar-refractivity contribution in [3.8, 4) is 0 Å². The fourth-order valence-electron chi connectivity index (χ4n) is 0.219. The molecule has 6 heteroatoms. The molecule has 0 aliphatic heterocycles. The summed E-state index contributed by atoms with van der Waals surface area (Å²) in [6.45, 7) is 0.235. The summed E-state index contributed by atoms with van der Waals surface area (Å²) >= 11 is 0. The molecule has 0 aliphatic carbocycles. The molecule has 0 heterocycles. The molecule has 0 aliphatic rings. The number of nitrogens with zero attached hydrogens (tertiary/aromatic N) is 1. The lowest BCUT2D eigenvalue weighted by molar-refractivity contribution is 0.399. The van der Waals surface area contributed by atoms with Crippen molar-refractivity contribution >= 4 is 10.2 Å². The van der Waals surface area contributed by atoms with Crippen LogP contribution in [0.5, 0.6) is 0 Å². The third-order valence-electron chi connectivity index (χ3n) is 0.582. The Morgan fingerprint density at radius 2 is 2.00 bits per heavy atom. The van der Waals surface area contributed by atoms with Gasteiger partial charge in [-0.15, -0.1) is 0 Å². The highest BCUT2D eigenvalue weighted by Crippen LogP contribution is 1.69. The van der Waals surface area contributed by atoms with Crippen molar-refractivity contribution < 1.29 is 8.42 Å². The van der Waals surface area contributed by atoms with E-state index in [2.05, 4.69) is 9.86 Å². The molecule has 0 saturated heterocycles. The second-order valence-electron chi connectivity index (χ2n) is 1.93. The monoisotopic (exact) mass is 153 g/mol. The first-order chi connectivity index (χ1) is 3.92. The average molecular weight is 153 g/mol. The molecule has 56 valence electrons. The summed E-state index contributed by atoms with van der Waals surface area (Å²) in [4.78, 5) is 1.66. The molecule has 9 heavy (non-hydrogen) atoms. The van der Waals surface area contributed by atoms with E-state index in [1.807, 2.05) is 0 Å². The molecule has 3 N–H and O–H groups in total. The summed E-state index contributed by atoms with van der Waals surface area (Å²) in [5, 5.41) is 4.62. The van der Waals surface area contributed by atoms with Crippen LogP contribution in [0.4, 0.5) is 0 Å². The summed E-state index contributed by atoms with van der Waals surface area (Å²) < 4.78 is 22.4. The van der Waals surface area contributed by atoms with Crippen LogP contribution in [0.25, 0.3) is 0 Å². The van der Waals surface area contributed by atoms with E-state index in [-0.39, 0.29) is 6.67 Å². The molecule has 0 aromatic heterocycles. The molecule has 0 saturated carbocycles. The molecule has 0 radical (unpaired) electrons. The zero-order valence-corrected chi connectivity index (χ0v) is 6.27. The largest absolute Gasteiger partial charge is 0.296 e. The van der Waals surface area contributed by atoms with Gasteiger partial charge in [0.05, 0.1) is 6.67 Å². The highest BCUT2D eigenvalue weighted by atomic mass is 32.2. The van der Waals surface area contributed by atoms with Gasteiger partial charge < -0.3 is 0 Å². The average Bonchev–Trinajstić information content (AvgIpc) is 1.59. The lowest BCUT2D eigenvalue weighted by Gasteiger charge is -2.07. The number of rotatable bonds is 3. The molecular weight excluding hydrogens is 142 g/mol. The molecule has 0 amide bonds. The molecule has 0 fully saturated rings. The van der Waals surface area contributed by atoms with E-state index in [4.69, 9.17) is 0 Å². The highest BCUT2D eigenvalue weighted by Gasteiger charge is 1.98. The van der Waals surface area contributed by atoms with Gasteiger partial charge in [0, 0.05) is 0 Å². The van der Waals surface area contributed by atoms with Gasteiger partial charge in [-0.25, -0.2) is 5.14 Å². The minimum absolute atomic E-state index is 0.235. The maximum atomic E-state index is 10.2. The van der Waals surface area contributed by atoms with Gasteiger partial charge >= 0.3 is 0 Å². The zero-order valence-electron chi connectivity index (χ0n) is 5.46. The fourth-order valence-corrected chi connectivity index (χ4v) is 0.657. The van der Waals surface area contributed by atoms with Crippen LogP contribution in [0.3, 0.4) is 0 Å². The number of nitrogens with one attached hydrogen (secondary N) is 1. The Hall–Kier alpha value is -0.170. The standard InChI is InChI=1S/C3H11N3O2S/c1-6(2)3-5-9(4,7)8/h5H,3H2,1-2H3,(H2,4,7,8). The number of nitrogens with two attached hydrogens (primary N) is 1.